The number of sulfonamides is 1. The molecule has 0 saturated heterocycles. The molecule has 1 fully saturated rings. The summed E-state index contributed by atoms with van der Waals surface area (Å²) in [6, 6.07) is 19.9. The van der Waals surface area contributed by atoms with E-state index < -0.39 is 28.5 Å². The number of methoxy groups -OCH3 is 1. The number of anilines is 1. The Morgan fingerprint density at radius 3 is 2.30 bits per heavy atom. The number of hydrogen-bond acceptors (Lipinski definition) is 5. The van der Waals surface area contributed by atoms with E-state index in [1.807, 2.05) is 38.1 Å². The number of carbonyl (C=O) groups is 2. The lowest BCUT2D eigenvalue weighted by molar-refractivity contribution is -0.140. The quantitative estimate of drug-likeness (QED) is 0.247. The number of rotatable bonds is 12. The lowest BCUT2D eigenvalue weighted by Crippen LogP contribution is -2.54. The van der Waals surface area contributed by atoms with Crippen LogP contribution in [0.25, 0.3) is 0 Å². The summed E-state index contributed by atoms with van der Waals surface area (Å²) in [7, 11) is -2.55. The summed E-state index contributed by atoms with van der Waals surface area (Å²) in [6.45, 7) is 3.39. The van der Waals surface area contributed by atoms with Crippen LogP contribution in [0.4, 0.5) is 5.69 Å². The van der Waals surface area contributed by atoms with Gasteiger partial charge in [-0.25, -0.2) is 8.42 Å². The van der Waals surface area contributed by atoms with Gasteiger partial charge in [0.05, 0.1) is 17.7 Å². The molecule has 230 valence electrons. The molecule has 2 amide bonds. The predicted octanol–water partition coefficient (Wildman–Crippen LogP) is 6.22. The minimum Gasteiger partial charge on any atom is -0.497 e. The van der Waals surface area contributed by atoms with E-state index >= 15 is 0 Å². The van der Waals surface area contributed by atoms with Crippen molar-refractivity contribution in [1.29, 1.82) is 0 Å². The molecule has 0 spiro atoms. The summed E-state index contributed by atoms with van der Waals surface area (Å²) in [5.74, 6) is -0.0719. The first kappa shape index (κ1) is 32.5. The Bertz CT molecular complexity index is 1490. The van der Waals surface area contributed by atoms with E-state index in [4.69, 9.17) is 4.74 Å². The Labute approximate surface area is 263 Å². The standard InChI is InChI=1S/C33H40BrN3O5S/c1-4-31(33(39)35-27-10-6-5-7-11-27)36(22-25-9-8-12-29(21-25)42-3)32(38)23-37(28-17-15-26(34)16-18-28)43(40,41)30-19-13-24(2)14-20-30/h8-9,12-21,27,31H,4-7,10-11,22-23H2,1-3H3,(H,35,39)/t31-/m0/s1. The summed E-state index contributed by atoms with van der Waals surface area (Å²) in [6.07, 6.45) is 5.49. The smallest absolute Gasteiger partial charge is 0.264 e. The van der Waals surface area contributed by atoms with Crippen molar-refractivity contribution < 1.29 is 22.7 Å². The van der Waals surface area contributed by atoms with Crippen molar-refractivity contribution in [2.24, 2.45) is 0 Å². The topological polar surface area (TPSA) is 96.0 Å². The van der Waals surface area contributed by atoms with Crippen molar-refractivity contribution in [3.8, 4) is 5.75 Å². The van der Waals surface area contributed by atoms with Gasteiger partial charge >= 0.3 is 0 Å². The van der Waals surface area contributed by atoms with Gasteiger partial charge in [-0.2, -0.15) is 0 Å². The third kappa shape index (κ3) is 8.38. The van der Waals surface area contributed by atoms with Crippen LogP contribution in [0.15, 0.2) is 82.2 Å². The molecule has 1 N–H and O–H groups in total. The fourth-order valence-electron chi connectivity index (χ4n) is 5.40. The number of amides is 2. The summed E-state index contributed by atoms with van der Waals surface area (Å²) < 4.78 is 35.3. The fourth-order valence-corrected chi connectivity index (χ4v) is 7.08. The van der Waals surface area contributed by atoms with Gasteiger partial charge in [-0.3, -0.25) is 13.9 Å². The van der Waals surface area contributed by atoms with Crippen LogP contribution < -0.4 is 14.4 Å². The van der Waals surface area contributed by atoms with Gasteiger partial charge in [-0.15, -0.1) is 0 Å². The monoisotopic (exact) mass is 669 g/mol. The van der Waals surface area contributed by atoms with Gasteiger partial charge < -0.3 is 15.0 Å². The third-order valence-electron chi connectivity index (χ3n) is 7.83. The molecular formula is C33H40BrN3O5S. The number of carbonyl (C=O) groups excluding carboxylic acids is 2. The lowest BCUT2D eigenvalue weighted by Gasteiger charge is -2.34. The molecule has 0 radical (unpaired) electrons. The van der Waals surface area contributed by atoms with Crippen LogP contribution in [0.2, 0.25) is 0 Å². The van der Waals surface area contributed by atoms with E-state index in [0.717, 1.165) is 52.0 Å². The van der Waals surface area contributed by atoms with E-state index in [-0.39, 0.29) is 23.4 Å². The number of nitrogens with one attached hydrogen (secondary N) is 1. The molecule has 3 aromatic carbocycles. The molecule has 0 aromatic heterocycles. The average Bonchev–Trinajstić information content (AvgIpc) is 3.01. The molecule has 1 aliphatic rings. The van der Waals surface area contributed by atoms with Crippen LogP contribution in [0.1, 0.15) is 56.6 Å². The van der Waals surface area contributed by atoms with E-state index in [2.05, 4.69) is 21.2 Å². The van der Waals surface area contributed by atoms with Crippen LogP contribution >= 0.6 is 15.9 Å². The maximum Gasteiger partial charge on any atom is 0.264 e. The fraction of sp³-hybridized carbons (Fsp3) is 0.394. The molecule has 0 bridgehead atoms. The number of ether oxygens (including phenoxy) is 1. The molecule has 43 heavy (non-hydrogen) atoms. The van der Waals surface area contributed by atoms with Gasteiger partial charge in [-0.05, 0) is 80.3 Å². The van der Waals surface area contributed by atoms with E-state index in [1.54, 1.807) is 55.6 Å². The van der Waals surface area contributed by atoms with Crippen LogP contribution in [0.3, 0.4) is 0 Å². The van der Waals surface area contributed by atoms with E-state index in [9.17, 15) is 18.0 Å². The number of aryl methyl sites for hydroxylation is 1. The second kappa shape index (κ2) is 14.9. The van der Waals surface area contributed by atoms with Crippen molar-refractivity contribution in [2.75, 3.05) is 18.0 Å². The Morgan fingerprint density at radius 1 is 1.00 bits per heavy atom. The Hall–Kier alpha value is -3.37. The van der Waals surface area contributed by atoms with Crippen molar-refractivity contribution in [3.63, 3.8) is 0 Å². The minimum atomic E-state index is -4.12. The maximum atomic E-state index is 14.3. The molecule has 1 aliphatic carbocycles. The second-order valence-electron chi connectivity index (χ2n) is 10.9. The predicted molar refractivity (Wildman–Crippen MR) is 172 cm³/mol. The zero-order chi connectivity index (χ0) is 31.0. The minimum absolute atomic E-state index is 0.0743. The Balaban J connectivity index is 1.71. The SMILES string of the molecule is CC[C@@H](C(=O)NC1CCCCC1)N(Cc1cccc(OC)c1)C(=O)CN(c1ccc(Br)cc1)S(=O)(=O)c1ccc(C)cc1. The largest absolute Gasteiger partial charge is 0.497 e. The van der Waals surface area contributed by atoms with Crippen LogP contribution in [-0.4, -0.2) is 50.9 Å². The highest BCUT2D eigenvalue weighted by Crippen LogP contribution is 2.27. The molecule has 0 aliphatic heterocycles. The van der Waals surface area contributed by atoms with Crippen molar-refractivity contribution in [3.05, 3.63) is 88.4 Å². The Morgan fingerprint density at radius 2 is 1.67 bits per heavy atom. The molecule has 8 nitrogen and oxygen atoms in total. The molecule has 3 aromatic rings. The first-order chi connectivity index (χ1) is 20.6. The lowest BCUT2D eigenvalue weighted by atomic mass is 9.95. The Kier molecular flexibility index (Phi) is 11.3. The van der Waals surface area contributed by atoms with Gasteiger partial charge in [0.15, 0.2) is 0 Å². The number of hydrogen-bond donors (Lipinski definition) is 1. The third-order valence-corrected chi connectivity index (χ3v) is 10.1. The number of nitrogens with zero attached hydrogens (tertiary/aromatic N) is 2. The molecule has 1 saturated carbocycles. The highest BCUT2D eigenvalue weighted by molar-refractivity contribution is 9.10. The van der Waals surface area contributed by atoms with Gasteiger partial charge in [0.1, 0.15) is 18.3 Å². The summed E-state index contributed by atoms with van der Waals surface area (Å²) in [4.78, 5) is 29.5. The van der Waals surface area contributed by atoms with Crippen molar-refractivity contribution in [2.45, 2.75) is 75.9 Å². The highest BCUT2D eigenvalue weighted by atomic mass is 79.9. The number of benzene rings is 3. The summed E-state index contributed by atoms with van der Waals surface area (Å²) in [5, 5.41) is 3.17. The maximum absolute atomic E-state index is 14.3. The van der Waals surface area contributed by atoms with Crippen LogP contribution in [-0.2, 0) is 26.2 Å². The van der Waals surface area contributed by atoms with Crippen molar-refractivity contribution >= 4 is 43.5 Å². The molecule has 0 unspecified atom stereocenters. The zero-order valence-corrected chi connectivity index (χ0v) is 27.4. The first-order valence-corrected chi connectivity index (χ1v) is 16.9. The molecule has 4 rings (SSSR count). The molecular weight excluding hydrogens is 630 g/mol. The normalized spacial score (nSPS) is 14.5. The highest BCUT2D eigenvalue weighted by Gasteiger charge is 2.34. The molecule has 0 heterocycles. The first-order valence-electron chi connectivity index (χ1n) is 14.7. The molecule has 10 heteroatoms. The van der Waals surface area contributed by atoms with Gasteiger partial charge in [0, 0.05) is 17.1 Å². The average molecular weight is 671 g/mol. The van der Waals surface area contributed by atoms with Crippen LogP contribution in [0, 0.1) is 6.92 Å². The molecule has 1 atom stereocenters. The summed E-state index contributed by atoms with van der Waals surface area (Å²) >= 11 is 3.41. The van der Waals surface area contributed by atoms with Crippen LogP contribution in [0.5, 0.6) is 5.75 Å². The summed E-state index contributed by atoms with van der Waals surface area (Å²) in [5.41, 5.74) is 2.04. The van der Waals surface area contributed by atoms with E-state index in [0.29, 0.717) is 17.9 Å². The zero-order valence-electron chi connectivity index (χ0n) is 25.0. The second-order valence-corrected chi connectivity index (χ2v) is 13.7. The van der Waals surface area contributed by atoms with Gasteiger partial charge in [0.2, 0.25) is 11.8 Å². The van der Waals surface area contributed by atoms with Crippen molar-refractivity contribution in [1.82, 2.24) is 10.2 Å². The van der Waals surface area contributed by atoms with Gasteiger partial charge in [0.25, 0.3) is 10.0 Å². The van der Waals surface area contributed by atoms with Gasteiger partial charge in [-0.1, -0.05) is 71.9 Å². The number of halogens is 1. The van der Waals surface area contributed by atoms with E-state index in [1.165, 1.54) is 4.90 Å².